The number of aryl methyl sites for hydroxylation is 1. The molecule has 0 bridgehead atoms. The number of rotatable bonds is 8. The van der Waals surface area contributed by atoms with Crippen molar-refractivity contribution >= 4 is 22.4 Å². The van der Waals surface area contributed by atoms with E-state index in [0.717, 1.165) is 23.0 Å². The van der Waals surface area contributed by atoms with E-state index in [1.165, 1.54) is 12.1 Å². The number of benzene rings is 2. The van der Waals surface area contributed by atoms with E-state index in [4.69, 9.17) is 14.5 Å². The lowest BCUT2D eigenvalue weighted by atomic mass is 10.0. The van der Waals surface area contributed by atoms with E-state index >= 15 is 8.78 Å². The summed E-state index contributed by atoms with van der Waals surface area (Å²) in [5, 5.41) is 3.52. The zero-order chi connectivity index (χ0) is 30.8. The van der Waals surface area contributed by atoms with Gasteiger partial charge in [0.1, 0.15) is 17.5 Å². The lowest BCUT2D eigenvalue weighted by molar-refractivity contribution is 0.122. The van der Waals surface area contributed by atoms with Crippen LogP contribution in [0.5, 0.6) is 5.75 Å². The van der Waals surface area contributed by atoms with Crippen molar-refractivity contribution in [3.63, 3.8) is 0 Å². The third-order valence-electron chi connectivity index (χ3n) is 7.39. The van der Waals surface area contributed by atoms with Crippen molar-refractivity contribution in [3.05, 3.63) is 95.6 Å². The summed E-state index contributed by atoms with van der Waals surface area (Å²) in [4.78, 5) is 15.8. The van der Waals surface area contributed by atoms with Gasteiger partial charge >= 0.3 is 0 Å². The molecule has 0 spiro atoms. The third kappa shape index (κ3) is 6.30. The van der Waals surface area contributed by atoms with Gasteiger partial charge in [-0.15, -0.1) is 0 Å². The largest absolute Gasteiger partial charge is 0.488 e. The van der Waals surface area contributed by atoms with Gasteiger partial charge in [-0.2, -0.15) is 0 Å². The van der Waals surface area contributed by atoms with Crippen molar-refractivity contribution in [2.75, 3.05) is 36.5 Å². The van der Waals surface area contributed by atoms with Gasteiger partial charge in [0.05, 0.1) is 41.6 Å². The Bertz CT molecular complexity index is 1830. The van der Waals surface area contributed by atoms with Crippen LogP contribution in [0.25, 0.3) is 33.4 Å². The molecule has 1 aliphatic heterocycles. The zero-order valence-electron chi connectivity index (χ0n) is 24.7. The summed E-state index contributed by atoms with van der Waals surface area (Å²) in [7, 11) is 0. The number of nitrogens with one attached hydrogen (secondary N) is 1. The lowest BCUT2D eigenvalue weighted by Crippen LogP contribution is -2.36. The monoisotopic (exact) mass is 599 g/mol. The van der Waals surface area contributed by atoms with Crippen LogP contribution in [0.15, 0.2) is 67.0 Å². The second-order valence-electron chi connectivity index (χ2n) is 11.0. The van der Waals surface area contributed by atoms with Crippen LogP contribution in [0.2, 0.25) is 0 Å². The fourth-order valence-electron chi connectivity index (χ4n) is 5.30. The van der Waals surface area contributed by atoms with Crippen LogP contribution in [0.4, 0.5) is 24.7 Å². The van der Waals surface area contributed by atoms with Gasteiger partial charge in [-0.05, 0) is 73.9 Å². The van der Waals surface area contributed by atoms with Crippen LogP contribution in [0, 0.1) is 24.4 Å². The van der Waals surface area contributed by atoms with Crippen LogP contribution in [-0.4, -0.2) is 47.4 Å². The first-order chi connectivity index (χ1) is 21.2. The van der Waals surface area contributed by atoms with Crippen LogP contribution in [0.1, 0.15) is 25.0 Å². The first-order valence-electron chi connectivity index (χ1n) is 14.5. The summed E-state index contributed by atoms with van der Waals surface area (Å²) in [6, 6.07) is 14.3. The Morgan fingerprint density at radius 1 is 0.932 bits per heavy atom. The highest BCUT2D eigenvalue weighted by Crippen LogP contribution is 2.34. The number of fused-ring (bicyclic) bond motifs is 1. The molecule has 5 aromatic rings. The highest BCUT2D eigenvalue weighted by Gasteiger charge is 2.19. The molecule has 2 aromatic carbocycles. The number of morpholine rings is 1. The summed E-state index contributed by atoms with van der Waals surface area (Å²) < 4.78 is 55.7. The van der Waals surface area contributed by atoms with Gasteiger partial charge in [0.25, 0.3) is 0 Å². The number of hydrogen-bond donors (Lipinski definition) is 1. The molecule has 0 aliphatic carbocycles. The molecular weight excluding hydrogens is 567 g/mol. The first kappa shape index (κ1) is 29.4. The Balaban J connectivity index is 1.42. The van der Waals surface area contributed by atoms with Gasteiger partial charge in [-0.25, -0.2) is 23.1 Å². The molecule has 0 amide bonds. The van der Waals surface area contributed by atoms with Crippen LogP contribution >= 0.6 is 0 Å². The van der Waals surface area contributed by atoms with Crippen LogP contribution in [0.3, 0.4) is 0 Å². The molecule has 1 aliphatic rings. The van der Waals surface area contributed by atoms with Gasteiger partial charge in [0.15, 0.2) is 11.6 Å². The highest BCUT2D eigenvalue weighted by atomic mass is 19.1. The highest BCUT2D eigenvalue weighted by molar-refractivity contribution is 5.94. The van der Waals surface area contributed by atoms with Gasteiger partial charge in [-0.1, -0.05) is 6.07 Å². The van der Waals surface area contributed by atoms with E-state index in [1.54, 1.807) is 30.6 Å². The Morgan fingerprint density at radius 2 is 1.75 bits per heavy atom. The number of aromatic nitrogens is 3. The van der Waals surface area contributed by atoms with Gasteiger partial charge in [-0.3, -0.25) is 4.98 Å². The van der Waals surface area contributed by atoms with Crippen molar-refractivity contribution in [2.45, 2.75) is 33.4 Å². The Morgan fingerprint density at radius 3 is 2.50 bits per heavy atom. The molecule has 3 aromatic heterocycles. The maximum Gasteiger partial charge on any atom is 0.165 e. The molecule has 7 nitrogen and oxygen atoms in total. The topological polar surface area (TPSA) is 72.4 Å². The van der Waals surface area contributed by atoms with Crippen LogP contribution in [-0.2, 0) is 11.3 Å². The summed E-state index contributed by atoms with van der Waals surface area (Å²) in [5.74, 6) is -1.00. The number of ether oxygens (including phenoxy) is 2. The average molecular weight is 600 g/mol. The molecule has 0 atom stereocenters. The fourth-order valence-corrected chi connectivity index (χ4v) is 5.30. The second-order valence-corrected chi connectivity index (χ2v) is 11.0. The van der Waals surface area contributed by atoms with Crippen molar-refractivity contribution in [2.24, 2.45) is 0 Å². The minimum Gasteiger partial charge on any atom is -0.488 e. The number of pyridine rings is 3. The molecule has 226 valence electrons. The van der Waals surface area contributed by atoms with Crippen LogP contribution < -0.4 is 15.0 Å². The Hall–Kier alpha value is -4.70. The Kier molecular flexibility index (Phi) is 8.34. The number of hydrogen-bond acceptors (Lipinski definition) is 7. The van der Waals surface area contributed by atoms with Crippen molar-refractivity contribution in [3.8, 4) is 28.3 Å². The van der Waals surface area contributed by atoms with Crippen molar-refractivity contribution in [1.82, 2.24) is 15.0 Å². The molecule has 0 saturated carbocycles. The summed E-state index contributed by atoms with van der Waals surface area (Å²) in [6.45, 7) is 8.41. The molecule has 1 N–H and O–H groups in total. The lowest BCUT2D eigenvalue weighted by Gasteiger charge is -2.28. The van der Waals surface area contributed by atoms with E-state index in [9.17, 15) is 4.39 Å². The first-order valence-corrected chi connectivity index (χ1v) is 14.5. The molecule has 0 unspecified atom stereocenters. The third-order valence-corrected chi connectivity index (χ3v) is 7.39. The predicted molar refractivity (Wildman–Crippen MR) is 165 cm³/mol. The van der Waals surface area contributed by atoms with E-state index in [0.29, 0.717) is 54.5 Å². The number of nitrogens with zero attached hydrogens (tertiary/aromatic N) is 4. The zero-order valence-corrected chi connectivity index (χ0v) is 24.7. The predicted octanol–water partition coefficient (Wildman–Crippen LogP) is 7.32. The fraction of sp³-hybridized carbons (Fsp3) is 0.265. The van der Waals surface area contributed by atoms with Gasteiger partial charge in [0, 0.05) is 55.4 Å². The average Bonchev–Trinajstić information content (AvgIpc) is 3.00. The maximum absolute atomic E-state index is 15.2. The molecule has 1 fully saturated rings. The molecule has 1 saturated heterocycles. The van der Waals surface area contributed by atoms with Crippen molar-refractivity contribution in [1.29, 1.82) is 0 Å². The minimum absolute atomic E-state index is 0.160. The molecular formula is C34H32F3N5O2. The number of anilines is 2. The molecule has 6 rings (SSSR count). The summed E-state index contributed by atoms with van der Waals surface area (Å²) >= 11 is 0. The quantitative estimate of drug-likeness (QED) is 0.200. The smallest absolute Gasteiger partial charge is 0.165 e. The van der Waals surface area contributed by atoms with Crippen molar-refractivity contribution < 1.29 is 22.6 Å². The van der Waals surface area contributed by atoms with Gasteiger partial charge < -0.3 is 19.7 Å². The molecule has 10 heteroatoms. The minimum atomic E-state index is -0.731. The second kappa shape index (κ2) is 12.5. The molecule has 0 radical (unpaired) electrons. The molecule has 44 heavy (non-hydrogen) atoms. The maximum atomic E-state index is 15.2. The summed E-state index contributed by atoms with van der Waals surface area (Å²) in [6.07, 6.45) is 3.22. The molecule has 4 heterocycles. The number of halogens is 3. The summed E-state index contributed by atoms with van der Waals surface area (Å²) in [5.41, 5.74) is 4.75. The SMILES string of the molecule is Cc1ccnc(-c2cc(NCc3cc(N4CCOCC4)ncc3-c3ccc(OC(C)C)c(F)c3)c3c(F)cc(F)cc3n2)c1. The van der Waals surface area contributed by atoms with E-state index in [1.807, 2.05) is 39.0 Å². The Labute approximate surface area is 253 Å². The van der Waals surface area contributed by atoms with E-state index in [2.05, 4.69) is 20.2 Å². The van der Waals surface area contributed by atoms with E-state index < -0.39 is 17.5 Å². The van der Waals surface area contributed by atoms with Gasteiger partial charge in [0.2, 0.25) is 0 Å². The normalized spacial score (nSPS) is 13.5. The van der Waals surface area contributed by atoms with E-state index in [-0.39, 0.29) is 29.3 Å². The standard InChI is InChI=1S/C34H32F3N5O2/c1-20(2)44-32-5-4-22(13-26(32)36)25-19-40-33(42-8-10-43-11-9-42)14-23(25)18-39-30-17-29(28-12-21(3)6-7-38-28)41-31-16-24(35)15-27(37)34(30)31/h4-7,12-17,19-20H,8-11,18H2,1-3H3,(H,39,41).